The molecule has 0 atom stereocenters. The second kappa shape index (κ2) is 5.05. The Kier molecular flexibility index (Phi) is 3.72. The number of hydrogen-bond donors (Lipinski definition) is 0. The standard InChI is InChI=1S/C10H13ClN2OS/c11-9-1-2-12-10(7-9)8-13-3-5-15(14)6-4-13/h1-2,7H,3-6,8H2. The lowest BCUT2D eigenvalue weighted by molar-refractivity contribution is 0.288. The zero-order valence-corrected chi connectivity index (χ0v) is 9.93. The van der Waals surface area contributed by atoms with E-state index in [1.165, 1.54) is 0 Å². The summed E-state index contributed by atoms with van der Waals surface area (Å²) in [6.45, 7) is 2.58. The van der Waals surface area contributed by atoms with Crippen molar-refractivity contribution in [1.29, 1.82) is 0 Å². The van der Waals surface area contributed by atoms with Crippen molar-refractivity contribution in [3.05, 3.63) is 29.0 Å². The van der Waals surface area contributed by atoms with Crippen LogP contribution in [-0.2, 0) is 17.3 Å². The van der Waals surface area contributed by atoms with Crippen molar-refractivity contribution in [2.75, 3.05) is 24.6 Å². The maximum Gasteiger partial charge on any atom is 0.0558 e. The Balaban J connectivity index is 1.94. The molecule has 1 aliphatic rings. The van der Waals surface area contributed by atoms with E-state index in [1.807, 2.05) is 6.07 Å². The van der Waals surface area contributed by atoms with Gasteiger partial charge in [0.25, 0.3) is 0 Å². The summed E-state index contributed by atoms with van der Waals surface area (Å²) >= 11 is 5.88. The molecule has 2 rings (SSSR count). The lowest BCUT2D eigenvalue weighted by Gasteiger charge is -2.25. The van der Waals surface area contributed by atoms with Crippen LogP contribution in [0.15, 0.2) is 18.3 Å². The molecule has 0 radical (unpaired) electrons. The third kappa shape index (κ3) is 3.26. The van der Waals surface area contributed by atoms with Gasteiger partial charge in [-0.05, 0) is 12.1 Å². The number of halogens is 1. The van der Waals surface area contributed by atoms with Gasteiger partial charge in [-0.2, -0.15) is 0 Å². The molecule has 0 aromatic carbocycles. The second-order valence-corrected chi connectivity index (χ2v) is 5.72. The molecule has 0 bridgehead atoms. The maximum atomic E-state index is 11.2. The highest BCUT2D eigenvalue weighted by molar-refractivity contribution is 7.85. The van der Waals surface area contributed by atoms with Gasteiger partial charge in [0.2, 0.25) is 0 Å². The van der Waals surface area contributed by atoms with Crippen molar-refractivity contribution in [3.63, 3.8) is 0 Å². The van der Waals surface area contributed by atoms with Crippen molar-refractivity contribution in [3.8, 4) is 0 Å². The molecular weight excluding hydrogens is 232 g/mol. The van der Waals surface area contributed by atoms with E-state index in [1.54, 1.807) is 12.3 Å². The van der Waals surface area contributed by atoms with Crippen LogP contribution >= 0.6 is 11.6 Å². The van der Waals surface area contributed by atoms with Gasteiger partial charge in [-0.25, -0.2) is 0 Å². The zero-order chi connectivity index (χ0) is 10.7. The fourth-order valence-corrected chi connectivity index (χ4v) is 2.91. The largest absolute Gasteiger partial charge is 0.296 e. The quantitative estimate of drug-likeness (QED) is 0.786. The van der Waals surface area contributed by atoms with E-state index in [0.29, 0.717) is 0 Å². The smallest absolute Gasteiger partial charge is 0.0558 e. The molecule has 5 heteroatoms. The molecule has 0 N–H and O–H groups in total. The first-order chi connectivity index (χ1) is 7.24. The molecule has 0 spiro atoms. The number of nitrogens with zero attached hydrogens (tertiary/aromatic N) is 2. The maximum absolute atomic E-state index is 11.2. The third-order valence-corrected chi connectivity index (χ3v) is 3.95. The van der Waals surface area contributed by atoms with E-state index >= 15 is 0 Å². The molecule has 0 aliphatic carbocycles. The van der Waals surface area contributed by atoms with E-state index < -0.39 is 10.8 Å². The summed E-state index contributed by atoms with van der Waals surface area (Å²) in [7, 11) is -0.611. The Bertz CT molecular complexity index is 362. The van der Waals surface area contributed by atoms with Crippen LogP contribution in [0.25, 0.3) is 0 Å². The van der Waals surface area contributed by atoms with Crippen molar-refractivity contribution < 1.29 is 4.21 Å². The summed E-state index contributed by atoms with van der Waals surface area (Å²) in [4.78, 5) is 6.51. The van der Waals surface area contributed by atoms with Gasteiger partial charge in [0, 0.05) is 53.2 Å². The van der Waals surface area contributed by atoms with Crippen LogP contribution in [0.4, 0.5) is 0 Å². The molecule has 0 saturated carbocycles. The zero-order valence-electron chi connectivity index (χ0n) is 8.36. The topological polar surface area (TPSA) is 33.2 Å². The summed E-state index contributed by atoms with van der Waals surface area (Å²) in [5.41, 5.74) is 0.982. The minimum absolute atomic E-state index is 0.611. The summed E-state index contributed by atoms with van der Waals surface area (Å²) in [5, 5.41) is 0.723. The van der Waals surface area contributed by atoms with E-state index in [0.717, 1.165) is 41.9 Å². The molecular formula is C10H13ClN2OS. The molecule has 1 saturated heterocycles. The minimum atomic E-state index is -0.611. The molecule has 1 aliphatic heterocycles. The molecule has 15 heavy (non-hydrogen) atoms. The second-order valence-electron chi connectivity index (χ2n) is 3.59. The van der Waals surface area contributed by atoms with Crippen LogP contribution in [0.1, 0.15) is 5.69 Å². The Hall–Kier alpha value is -0.450. The van der Waals surface area contributed by atoms with Crippen LogP contribution in [0.5, 0.6) is 0 Å². The lowest BCUT2D eigenvalue weighted by atomic mass is 10.3. The van der Waals surface area contributed by atoms with E-state index in [4.69, 9.17) is 11.6 Å². The SMILES string of the molecule is O=S1CCN(Cc2cc(Cl)ccn2)CC1. The molecule has 82 valence electrons. The minimum Gasteiger partial charge on any atom is -0.296 e. The Labute approximate surface area is 96.9 Å². The van der Waals surface area contributed by atoms with Crippen molar-refractivity contribution in [2.24, 2.45) is 0 Å². The first-order valence-corrected chi connectivity index (χ1v) is 6.78. The molecule has 2 heterocycles. The molecule has 1 fully saturated rings. The molecule has 1 aromatic rings. The highest BCUT2D eigenvalue weighted by atomic mass is 35.5. The van der Waals surface area contributed by atoms with E-state index in [2.05, 4.69) is 9.88 Å². The van der Waals surface area contributed by atoms with Gasteiger partial charge < -0.3 is 0 Å². The summed E-state index contributed by atoms with van der Waals surface area (Å²) in [5.74, 6) is 1.56. The fourth-order valence-electron chi connectivity index (χ4n) is 1.60. The summed E-state index contributed by atoms with van der Waals surface area (Å²) in [6, 6.07) is 3.66. The van der Waals surface area contributed by atoms with Crippen LogP contribution in [-0.4, -0.2) is 38.7 Å². The molecule has 1 aromatic heterocycles. The third-order valence-electron chi connectivity index (χ3n) is 2.43. The number of pyridine rings is 1. The molecule has 3 nitrogen and oxygen atoms in total. The fraction of sp³-hybridized carbons (Fsp3) is 0.500. The van der Waals surface area contributed by atoms with Gasteiger partial charge >= 0.3 is 0 Å². The predicted molar refractivity (Wildman–Crippen MR) is 62.4 cm³/mol. The van der Waals surface area contributed by atoms with Crippen LogP contribution < -0.4 is 0 Å². The average molecular weight is 245 g/mol. The Morgan fingerprint density at radius 3 is 2.87 bits per heavy atom. The van der Waals surface area contributed by atoms with Gasteiger partial charge in [0.05, 0.1) is 5.69 Å². The average Bonchev–Trinajstić information content (AvgIpc) is 2.22. The van der Waals surface area contributed by atoms with Gasteiger partial charge in [-0.3, -0.25) is 14.1 Å². The monoisotopic (exact) mass is 244 g/mol. The van der Waals surface area contributed by atoms with Crippen LogP contribution in [0, 0.1) is 0 Å². The van der Waals surface area contributed by atoms with Crippen LogP contribution in [0.2, 0.25) is 5.02 Å². The summed E-state index contributed by atoms with van der Waals surface area (Å²) < 4.78 is 11.2. The number of hydrogen-bond acceptors (Lipinski definition) is 3. The van der Waals surface area contributed by atoms with Crippen molar-refractivity contribution in [1.82, 2.24) is 9.88 Å². The van der Waals surface area contributed by atoms with E-state index in [9.17, 15) is 4.21 Å². The van der Waals surface area contributed by atoms with Gasteiger partial charge in [-0.15, -0.1) is 0 Å². The Morgan fingerprint density at radius 2 is 2.20 bits per heavy atom. The van der Waals surface area contributed by atoms with Gasteiger partial charge in [0.15, 0.2) is 0 Å². The highest BCUT2D eigenvalue weighted by Gasteiger charge is 2.15. The number of rotatable bonds is 2. The molecule has 0 unspecified atom stereocenters. The molecule has 0 amide bonds. The highest BCUT2D eigenvalue weighted by Crippen LogP contribution is 2.11. The van der Waals surface area contributed by atoms with Crippen molar-refractivity contribution in [2.45, 2.75) is 6.54 Å². The van der Waals surface area contributed by atoms with Gasteiger partial charge in [-0.1, -0.05) is 11.6 Å². The summed E-state index contributed by atoms with van der Waals surface area (Å²) in [6.07, 6.45) is 1.72. The van der Waals surface area contributed by atoms with Gasteiger partial charge in [0.1, 0.15) is 0 Å². The van der Waals surface area contributed by atoms with Crippen molar-refractivity contribution >= 4 is 22.4 Å². The predicted octanol–water partition coefficient (Wildman–Crippen LogP) is 1.30. The van der Waals surface area contributed by atoms with E-state index in [-0.39, 0.29) is 0 Å². The Morgan fingerprint density at radius 1 is 1.47 bits per heavy atom. The number of aromatic nitrogens is 1. The first kappa shape index (κ1) is 11.0. The lowest BCUT2D eigenvalue weighted by Crippen LogP contribution is -2.37. The normalized spacial score (nSPS) is 19.3. The first-order valence-electron chi connectivity index (χ1n) is 4.92. The van der Waals surface area contributed by atoms with Crippen LogP contribution in [0.3, 0.4) is 0 Å².